The number of ketones is 1. The fourth-order valence-electron chi connectivity index (χ4n) is 5.37. The van der Waals surface area contributed by atoms with Gasteiger partial charge in [0.2, 0.25) is 5.91 Å². The summed E-state index contributed by atoms with van der Waals surface area (Å²) < 4.78 is 0. The molecule has 2 aromatic carbocycles. The fraction of sp³-hybridized carbons (Fsp3) is 0.515. The summed E-state index contributed by atoms with van der Waals surface area (Å²) >= 11 is 0. The largest absolute Gasteiger partial charge is 0.508 e. The number of Topliss-reactive ketones (excluding diaryl/α,β-unsaturated/α-hetero) is 1. The number of likely N-dealkylation sites (N-methyl/N-ethyl adjacent to an activating group) is 1. The van der Waals surface area contributed by atoms with Gasteiger partial charge in [-0.05, 0) is 55.4 Å². The molecule has 0 aromatic heterocycles. The zero-order chi connectivity index (χ0) is 29.1. The molecule has 2 aromatic rings. The molecular formula is C33H45NO6. The molecule has 1 aliphatic carbocycles. The maximum absolute atomic E-state index is 12.5. The predicted octanol–water partition coefficient (Wildman–Crippen LogP) is 4.48. The van der Waals surface area contributed by atoms with Crippen molar-refractivity contribution >= 4 is 11.7 Å². The highest BCUT2D eigenvalue weighted by Crippen LogP contribution is 2.34. The van der Waals surface area contributed by atoms with Crippen LogP contribution in [-0.2, 0) is 22.4 Å². The number of amides is 1. The Morgan fingerprint density at radius 1 is 1.05 bits per heavy atom. The first-order valence-electron chi connectivity index (χ1n) is 14.5. The number of carbonyl (C=O) groups excluding carboxylic acids is 2. The van der Waals surface area contributed by atoms with E-state index >= 15 is 0 Å². The minimum atomic E-state index is -0.962. The van der Waals surface area contributed by atoms with Crippen LogP contribution in [0.4, 0.5) is 0 Å². The molecule has 0 saturated heterocycles. The van der Waals surface area contributed by atoms with E-state index in [4.69, 9.17) is 0 Å². The highest BCUT2D eigenvalue weighted by Gasteiger charge is 2.39. The third-order valence-electron chi connectivity index (χ3n) is 8.05. The minimum absolute atomic E-state index is 0.0774. The van der Waals surface area contributed by atoms with Gasteiger partial charge >= 0.3 is 0 Å². The summed E-state index contributed by atoms with van der Waals surface area (Å²) in [6.45, 7) is 1.80. The summed E-state index contributed by atoms with van der Waals surface area (Å²) in [5.41, 5.74) is 2.69. The first-order valence-corrected chi connectivity index (χ1v) is 14.5. The van der Waals surface area contributed by atoms with Gasteiger partial charge in [-0.2, -0.15) is 0 Å². The van der Waals surface area contributed by atoms with Gasteiger partial charge in [-0.25, -0.2) is 0 Å². The second-order valence-electron chi connectivity index (χ2n) is 11.2. The fourth-order valence-corrected chi connectivity index (χ4v) is 5.37. The van der Waals surface area contributed by atoms with Gasteiger partial charge in [0.25, 0.3) is 0 Å². The van der Waals surface area contributed by atoms with Crippen molar-refractivity contribution in [3.63, 3.8) is 0 Å². The summed E-state index contributed by atoms with van der Waals surface area (Å²) in [4.78, 5) is 26.4. The van der Waals surface area contributed by atoms with E-state index in [-0.39, 0.29) is 42.1 Å². The van der Waals surface area contributed by atoms with Gasteiger partial charge in [-0.1, -0.05) is 73.9 Å². The van der Waals surface area contributed by atoms with Crippen molar-refractivity contribution in [2.75, 3.05) is 7.05 Å². The van der Waals surface area contributed by atoms with Gasteiger partial charge in [0.15, 0.2) is 0 Å². The average molecular weight is 552 g/mol. The van der Waals surface area contributed by atoms with E-state index in [0.29, 0.717) is 25.7 Å². The highest BCUT2D eigenvalue weighted by atomic mass is 16.3. The van der Waals surface area contributed by atoms with Crippen molar-refractivity contribution in [1.82, 2.24) is 4.90 Å². The molecule has 1 saturated carbocycles. The summed E-state index contributed by atoms with van der Waals surface area (Å²) in [5, 5.41) is 41.1. The van der Waals surface area contributed by atoms with Crippen LogP contribution < -0.4 is 0 Å². The molecule has 1 aliphatic rings. The van der Waals surface area contributed by atoms with E-state index in [1.54, 1.807) is 32.2 Å². The summed E-state index contributed by atoms with van der Waals surface area (Å²) in [6, 6.07) is 15.2. The first kappa shape index (κ1) is 31.5. The average Bonchev–Trinajstić information content (AvgIpc) is 3.21. The van der Waals surface area contributed by atoms with Crippen LogP contribution in [-0.4, -0.2) is 62.5 Å². The number of rotatable bonds is 15. The van der Waals surface area contributed by atoms with Crippen molar-refractivity contribution < 1.29 is 30.0 Å². The maximum atomic E-state index is 12.5. The Kier molecular flexibility index (Phi) is 12.4. The van der Waals surface area contributed by atoms with Crippen LogP contribution in [0.25, 0.3) is 0 Å². The Hall–Kier alpha value is -3.00. The first-order chi connectivity index (χ1) is 19.2. The van der Waals surface area contributed by atoms with Gasteiger partial charge in [0.05, 0.1) is 12.2 Å². The van der Waals surface area contributed by atoms with E-state index in [0.717, 1.165) is 42.4 Å². The number of hydrogen-bond donors (Lipinski definition) is 4. The number of hydrogen-bond acceptors (Lipinski definition) is 6. The van der Waals surface area contributed by atoms with Crippen LogP contribution in [0.5, 0.6) is 5.75 Å². The van der Waals surface area contributed by atoms with E-state index in [2.05, 4.69) is 0 Å². The summed E-state index contributed by atoms with van der Waals surface area (Å²) in [5.74, 6) is -0.392. The standard InChI is InChI=1S/C33H45NO6/c1-23-14-15-25(20-29(23)36)21-33(40)34(2)32(39)13-9-4-3-8-12-27-28(31(38)22-30(27)37)19-18-26(35)17-16-24-10-6-5-7-11-24/h5-7,10-11,14-15,18-20,26-28,31,33,35-36,38,40H,3-4,8-9,12-13,16-17,21-22H2,1-2H3/b19-18+/t26-,27+,28+,31+,33?/m0/s1. The van der Waals surface area contributed by atoms with E-state index in [1.165, 1.54) is 4.90 Å². The van der Waals surface area contributed by atoms with E-state index in [1.807, 2.05) is 42.5 Å². The monoisotopic (exact) mass is 551 g/mol. The number of aromatic hydroxyl groups is 1. The number of benzene rings is 2. The van der Waals surface area contributed by atoms with Crippen molar-refractivity contribution in [3.8, 4) is 5.75 Å². The maximum Gasteiger partial charge on any atom is 0.224 e. The van der Waals surface area contributed by atoms with Crippen molar-refractivity contribution in [3.05, 3.63) is 77.4 Å². The lowest BCUT2D eigenvalue weighted by molar-refractivity contribution is -0.138. The number of aryl methyl sites for hydroxylation is 2. The lowest BCUT2D eigenvalue weighted by atomic mass is 9.88. The van der Waals surface area contributed by atoms with Crippen molar-refractivity contribution in [2.24, 2.45) is 11.8 Å². The van der Waals surface area contributed by atoms with E-state index < -0.39 is 18.4 Å². The van der Waals surface area contributed by atoms with Crippen molar-refractivity contribution in [2.45, 2.75) is 89.6 Å². The Bertz CT molecular complexity index is 1120. The minimum Gasteiger partial charge on any atom is -0.508 e. The van der Waals surface area contributed by atoms with Crippen LogP contribution in [0, 0.1) is 18.8 Å². The number of phenolic OH excluding ortho intramolecular Hbond substituents is 1. The third-order valence-corrected chi connectivity index (χ3v) is 8.05. The molecule has 4 N–H and O–H groups in total. The van der Waals surface area contributed by atoms with Crippen LogP contribution in [0.3, 0.4) is 0 Å². The molecular weight excluding hydrogens is 506 g/mol. The molecule has 0 radical (unpaired) electrons. The number of carbonyl (C=O) groups is 2. The zero-order valence-corrected chi connectivity index (χ0v) is 23.8. The molecule has 0 heterocycles. The summed E-state index contributed by atoms with van der Waals surface area (Å²) in [7, 11) is 1.59. The SMILES string of the molecule is Cc1ccc(CC(O)N(C)C(=O)CCCCCC[C@H]2C(=O)C[C@@H](O)[C@@H]2/C=C/[C@@H](O)CCc2ccccc2)cc1O. The van der Waals surface area contributed by atoms with Gasteiger partial charge in [-0.15, -0.1) is 0 Å². The number of nitrogens with zero attached hydrogens (tertiary/aromatic N) is 1. The smallest absolute Gasteiger partial charge is 0.224 e. The third kappa shape index (κ3) is 9.58. The van der Waals surface area contributed by atoms with Gasteiger partial charge in [-0.3, -0.25) is 9.59 Å². The van der Waals surface area contributed by atoms with Crippen molar-refractivity contribution in [1.29, 1.82) is 0 Å². The molecule has 1 fully saturated rings. The lowest BCUT2D eigenvalue weighted by Crippen LogP contribution is -2.38. The molecule has 0 aliphatic heterocycles. The zero-order valence-electron chi connectivity index (χ0n) is 23.8. The van der Waals surface area contributed by atoms with E-state index in [9.17, 15) is 30.0 Å². The summed E-state index contributed by atoms with van der Waals surface area (Å²) in [6.07, 6.45) is 7.25. The van der Waals surface area contributed by atoms with Gasteiger partial charge in [0, 0.05) is 38.1 Å². The Balaban J connectivity index is 1.35. The molecule has 218 valence electrons. The number of phenols is 1. The van der Waals surface area contributed by atoms with Crippen LogP contribution in [0.1, 0.15) is 68.1 Å². The number of aliphatic hydroxyl groups is 3. The molecule has 0 bridgehead atoms. The number of aliphatic hydroxyl groups excluding tert-OH is 3. The van der Waals surface area contributed by atoms with Crippen LogP contribution >= 0.6 is 0 Å². The molecule has 3 rings (SSSR count). The lowest BCUT2D eigenvalue weighted by Gasteiger charge is -2.24. The molecule has 0 spiro atoms. The molecule has 40 heavy (non-hydrogen) atoms. The Morgan fingerprint density at radius 2 is 1.77 bits per heavy atom. The number of unbranched alkanes of at least 4 members (excludes halogenated alkanes) is 3. The normalized spacial score (nSPS) is 20.6. The molecule has 7 heteroatoms. The molecule has 5 atom stereocenters. The second-order valence-corrected chi connectivity index (χ2v) is 11.2. The molecule has 1 amide bonds. The second kappa shape index (κ2) is 15.7. The predicted molar refractivity (Wildman–Crippen MR) is 156 cm³/mol. The Labute approximate surface area is 238 Å². The molecule has 7 nitrogen and oxygen atoms in total. The van der Waals surface area contributed by atoms with Gasteiger partial charge in [0.1, 0.15) is 17.8 Å². The van der Waals surface area contributed by atoms with Gasteiger partial charge < -0.3 is 25.3 Å². The topological polar surface area (TPSA) is 118 Å². The Morgan fingerprint density at radius 3 is 2.50 bits per heavy atom. The molecule has 1 unspecified atom stereocenters. The quantitative estimate of drug-likeness (QED) is 0.147. The highest BCUT2D eigenvalue weighted by molar-refractivity contribution is 5.84. The van der Waals surface area contributed by atoms with Crippen LogP contribution in [0.15, 0.2) is 60.7 Å². The van der Waals surface area contributed by atoms with Crippen LogP contribution in [0.2, 0.25) is 0 Å².